The molecule has 0 aromatic carbocycles. The first-order chi connectivity index (χ1) is 9.15. The number of likely N-dealkylation sites (tertiary alicyclic amines) is 1. The Kier molecular flexibility index (Phi) is 5.49. The van der Waals surface area contributed by atoms with Crippen molar-refractivity contribution < 1.29 is 27.9 Å². The lowest BCUT2D eigenvalue weighted by Gasteiger charge is -2.24. The van der Waals surface area contributed by atoms with Gasteiger partial charge in [0.05, 0.1) is 17.9 Å². The summed E-state index contributed by atoms with van der Waals surface area (Å²) in [5, 5.41) is 9.10. The molecule has 3 atom stereocenters. The number of methoxy groups -OCH3 is 1. The van der Waals surface area contributed by atoms with E-state index in [1.54, 1.807) is 0 Å². The lowest BCUT2D eigenvalue weighted by molar-refractivity contribution is -0.148. The van der Waals surface area contributed by atoms with Gasteiger partial charge in [-0.15, -0.1) is 0 Å². The zero-order valence-electron chi connectivity index (χ0n) is 11.5. The summed E-state index contributed by atoms with van der Waals surface area (Å²) in [5.74, 6) is -1.88. The van der Waals surface area contributed by atoms with Gasteiger partial charge in [0.2, 0.25) is 5.91 Å². The number of aliphatic carboxylic acids is 1. The normalized spacial score (nSPS) is 24.6. The quantitative estimate of drug-likeness (QED) is 0.608. The van der Waals surface area contributed by atoms with Crippen LogP contribution in [0.2, 0.25) is 0 Å². The summed E-state index contributed by atoms with van der Waals surface area (Å²) in [6.07, 6.45) is 0.887. The van der Waals surface area contributed by atoms with Crippen LogP contribution in [0.4, 0.5) is 0 Å². The zero-order chi connectivity index (χ0) is 15.5. The van der Waals surface area contributed by atoms with Gasteiger partial charge in [-0.1, -0.05) is 0 Å². The van der Waals surface area contributed by atoms with Crippen molar-refractivity contribution in [2.75, 3.05) is 25.7 Å². The van der Waals surface area contributed by atoms with Crippen molar-refractivity contribution in [3.63, 3.8) is 0 Å². The molecule has 1 amide bonds. The molecule has 8 nitrogen and oxygen atoms in total. The number of nitrogens with two attached hydrogens (primary N) is 1. The van der Waals surface area contributed by atoms with Crippen LogP contribution >= 0.6 is 0 Å². The number of hydrogen-bond donors (Lipinski definition) is 2. The van der Waals surface area contributed by atoms with E-state index in [-0.39, 0.29) is 31.2 Å². The highest BCUT2D eigenvalue weighted by Gasteiger charge is 2.41. The van der Waals surface area contributed by atoms with Gasteiger partial charge in [0.15, 0.2) is 0 Å². The Labute approximate surface area is 117 Å². The monoisotopic (exact) mass is 308 g/mol. The summed E-state index contributed by atoms with van der Waals surface area (Å²) in [4.78, 5) is 24.4. The molecule has 0 aromatic heterocycles. The summed E-state index contributed by atoms with van der Waals surface area (Å²) in [7, 11) is -1.77. The summed E-state index contributed by atoms with van der Waals surface area (Å²) >= 11 is 0. The molecule has 1 saturated heterocycles. The minimum Gasteiger partial charge on any atom is -0.480 e. The smallest absolute Gasteiger partial charge is 0.326 e. The molecule has 1 aliphatic rings. The van der Waals surface area contributed by atoms with Crippen LogP contribution in [0.1, 0.15) is 12.8 Å². The predicted molar refractivity (Wildman–Crippen MR) is 70.9 cm³/mol. The molecule has 0 aromatic rings. The van der Waals surface area contributed by atoms with Gasteiger partial charge in [-0.3, -0.25) is 4.79 Å². The Morgan fingerprint density at radius 3 is 2.55 bits per heavy atom. The number of amides is 1. The first-order valence-corrected chi connectivity index (χ1v) is 8.21. The zero-order valence-corrected chi connectivity index (χ0v) is 12.3. The van der Waals surface area contributed by atoms with Gasteiger partial charge in [0.25, 0.3) is 0 Å². The highest BCUT2D eigenvalue weighted by atomic mass is 32.2. The Morgan fingerprint density at radius 1 is 1.50 bits per heavy atom. The third-order valence-electron chi connectivity index (χ3n) is 3.28. The van der Waals surface area contributed by atoms with E-state index in [2.05, 4.69) is 0 Å². The number of hydrogen-bond acceptors (Lipinski definition) is 6. The van der Waals surface area contributed by atoms with Gasteiger partial charge in [0.1, 0.15) is 15.9 Å². The summed E-state index contributed by atoms with van der Waals surface area (Å²) in [6.45, 7) is 0.152. The van der Waals surface area contributed by atoms with E-state index in [1.165, 1.54) is 7.11 Å². The Balaban J connectivity index is 2.71. The second-order valence-corrected chi connectivity index (χ2v) is 7.22. The number of carboxylic acid groups (broad SMARTS) is 1. The second-order valence-electron chi connectivity index (χ2n) is 4.96. The van der Waals surface area contributed by atoms with Crippen molar-refractivity contribution in [3.05, 3.63) is 0 Å². The van der Waals surface area contributed by atoms with Crippen LogP contribution < -0.4 is 5.73 Å². The van der Waals surface area contributed by atoms with Crippen molar-refractivity contribution >= 4 is 21.7 Å². The molecule has 9 heteroatoms. The van der Waals surface area contributed by atoms with Crippen LogP contribution in [-0.4, -0.2) is 74.2 Å². The molecule has 1 fully saturated rings. The fourth-order valence-electron chi connectivity index (χ4n) is 2.12. The highest BCUT2D eigenvalue weighted by Crippen LogP contribution is 2.21. The molecule has 1 aliphatic heterocycles. The fraction of sp³-hybridized carbons (Fsp3) is 0.818. The number of sulfone groups is 1. The average molecular weight is 308 g/mol. The Bertz CT molecular complexity index is 477. The van der Waals surface area contributed by atoms with E-state index < -0.39 is 33.8 Å². The average Bonchev–Trinajstić information content (AvgIpc) is 2.78. The number of nitrogens with zero attached hydrogens (tertiary/aromatic N) is 1. The molecular weight excluding hydrogens is 288 g/mol. The van der Waals surface area contributed by atoms with E-state index >= 15 is 0 Å². The predicted octanol–water partition coefficient (Wildman–Crippen LogP) is -1.55. The maximum atomic E-state index is 12.1. The number of carbonyl (C=O) groups excluding carboxylic acids is 1. The standard InChI is InChI=1S/C11H20N2O6S/c1-19-7-5-9(11(15)16)13(6-7)10(14)8(12)3-4-20(2,17)18/h7-9H,3-6,12H2,1-2H3,(H,15,16). The second kappa shape index (κ2) is 6.51. The third kappa shape index (κ3) is 4.43. The van der Waals surface area contributed by atoms with E-state index in [0.29, 0.717) is 0 Å². The maximum absolute atomic E-state index is 12.1. The molecule has 20 heavy (non-hydrogen) atoms. The van der Waals surface area contributed by atoms with Crippen LogP contribution in [-0.2, 0) is 24.2 Å². The van der Waals surface area contributed by atoms with Gasteiger partial charge in [-0.05, 0) is 6.42 Å². The Morgan fingerprint density at radius 2 is 2.10 bits per heavy atom. The van der Waals surface area contributed by atoms with Gasteiger partial charge < -0.3 is 20.5 Å². The molecule has 1 heterocycles. The molecule has 116 valence electrons. The van der Waals surface area contributed by atoms with Crippen molar-refractivity contribution in [2.24, 2.45) is 5.73 Å². The van der Waals surface area contributed by atoms with E-state index in [4.69, 9.17) is 15.6 Å². The van der Waals surface area contributed by atoms with Crippen LogP contribution in [0.3, 0.4) is 0 Å². The first kappa shape index (κ1) is 16.9. The van der Waals surface area contributed by atoms with Crippen LogP contribution in [0.15, 0.2) is 0 Å². The molecule has 0 aliphatic carbocycles. The summed E-state index contributed by atoms with van der Waals surface area (Å²) in [6, 6.07) is -2.00. The molecule has 0 saturated carbocycles. The van der Waals surface area contributed by atoms with Crippen molar-refractivity contribution in [1.82, 2.24) is 4.90 Å². The van der Waals surface area contributed by atoms with E-state index in [1.807, 2.05) is 0 Å². The molecule has 1 rings (SSSR count). The highest BCUT2D eigenvalue weighted by molar-refractivity contribution is 7.90. The van der Waals surface area contributed by atoms with Gasteiger partial charge >= 0.3 is 5.97 Å². The Hall–Kier alpha value is -1.19. The minimum absolute atomic E-state index is 0.0296. The molecule has 3 N–H and O–H groups in total. The van der Waals surface area contributed by atoms with Crippen LogP contribution in [0, 0.1) is 0 Å². The van der Waals surface area contributed by atoms with Crippen molar-refractivity contribution in [3.8, 4) is 0 Å². The number of carbonyl (C=O) groups is 2. The third-order valence-corrected chi connectivity index (χ3v) is 4.26. The van der Waals surface area contributed by atoms with E-state index in [0.717, 1.165) is 11.2 Å². The molecule has 3 unspecified atom stereocenters. The first-order valence-electron chi connectivity index (χ1n) is 6.15. The maximum Gasteiger partial charge on any atom is 0.326 e. The van der Waals surface area contributed by atoms with Crippen molar-refractivity contribution in [2.45, 2.75) is 31.0 Å². The van der Waals surface area contributed by atoms with Crippen molar-refractivity contribution in [1.29, 1.82) is 0 Å². The number of rotatable bonds is 6. The van der Waals surface area contributed by atoms with Gasteiger partial charge in [-0.25, -0.2) is 13.2 Å². The van der Waals surface area contributed by atoms with E-state index in [9.17, 15) is 18.0 Å². The minimum atomic E-state index is -3.21. The van der Waals surface area contributed by atoms with Crippen LogP contribution in [0.5, 0.6) is 0 Å². The topological polar surface area (TPSA) is 127 Å². The molecule has 0 radical (unpaired) electrons. The molecule has 0 bridgehead atoms. The largest absolute Gasteiger partial charge is 0.480 e. The van der Waals surface area contributed by atoms with Crippen LogP contribution in [0.25, 0.3) is 0 Å². The SMILES string of the molecule is COC1CC(C(=O)O)N(C(=O)C(N)CCS(C)(=O)=O)C1. The fourth-order valence-corrected chi connectivity index (χ4v) is 2.81. The number of carboxylic acids is 1. The summed E-state index contributed by atoms with van der Waals surface area (Å²) in [5.41, 5.74) is 5.66. The summed E-state index contributed by atoms with van der Waals surface area (Å²) < 4.78 is 27.2. The number of ether oxygens (including phenoxy) is 1. The van der Waals surface area contributed by atoms with Gasteiger partial charge in [-0.2, -0.15) is 0 Å². The lowest BCUT2D eigenvalue weighted by Crippen LogP contribution is -2.49. The molecular formula is C11H20N2O6S. The molecule has 0 spiro atoms. The lowest BCUT2D eigenvalue weighted by atomic mass is 10.1. The van der Waals surface area contributed by atoms with Gasteiger partial charge in [0, 0.05) is 26.3 Å².